The summed E-state index contributed by atoms with van der Waals surface area (Å²) in [5.41, 5.74) is 2.12. The van der Waals surface area contributed by atoms with Gasteiger partial charge in [-0.25, -0.2) is 0 Å². The van der Waals surface area contributed by atoms with E-state index in [0.717, 1.165) is 48.8 Å². The standard InChI is InChI=1S/C22H19N3O6S4.C3H8/c1-11(7-12-10-33-14-6-4-3-5-13(14)23(12)2)17-19(30)24(8-15(26)27)21(34-17)18-20(31)25(9-16(28)29)22(32)35-18;1-3-2/h3-7H,8-10H2,1-2H3,(H,26,27)(H,28,29);3H2,1-2H3/b12-7+,17-11+,21-18-;. The number of aromatic nitrogens is 1. The lowest BCUT2D eigenvalue weighted by Crippen LogP contribution is -2.37. The number of carboxylic acid groups (broad SMARTS) is 2. The van der Waals surface area contributed by atoms with Crippen molar-refractivity contribution < 1.29 is 24.6 Å². The number of thioether (sulfide) groups is 2. The molecule has 13 heteroatoms. The first-order valence-corrected chi connectivity index (χ1v) is 14.6. The van der Waals surface area contributed by atoms with E-state index in [-0.39, 0.29) is 13.9 Å². The Balaban J connectivity index is 0.00000127. The van der Waals surface area contributed by atoms with Crippen molar-refractivity contribution in [1.82, 2.24) is 9.47 Å². The van der Waals surface area contributed by atoms with Crippen molar-refractivity contribution in [2.45, 2.75) is 38.6 Å². The second-order valence-electron chi connectivity index (χ2n) is 8.34. The van der Waals surface area contributed by atoms with Crippen molar-refractivity contribution >= 4 is 85.4 Å². The van der Waals surface area contributed by atoms with Gasteiger partial charge in [0.1, 0.15) is 27.0 Å². The van der Waals surface area contributed by atoms with Gasteiger partial charge >= 0.3 is 11.9 Å². The van der Waals surface area contributed by atoms with Gasteiger partial charge in [0.05, 0.1) is 10.2 Å². The number of para-hydroxylation sites is 1. The molecular formula is C25H27N3O6S4. The van der Waals surface area contributed by atoms with Crippen LogP contribution in [0.25, 0.3) is 10.5 Å². The van der Waals surface area contributed by atoms with Gasteiger partial charge in [-0.1, -0.05) is 56.4 Å². The van der Waals surface area contributed by atoms with E-state index in [9.17, 15) is 24.3 Å². The number of benzene rings is 1. The van der Waals surface area contributed by atoms with E-state index in [1.54, 1.807) is 18.7 Å². The predicted octanol–water partition coefficient (Wildman–Crippen LogP) is 2.76. The number of rotatable bonds is 5. The minimum absolute atomic E-state index is 0.0408. The Morgan fingerprint density at radius 3 is 2.37 bits per heavy atom. The number of carbonyl (C=O) groups is 3. The van der Waals surface area contributed by atoms with Gasteiger partial charge in [0.25, 0.3) is 11.5 Å². The third-order valence-electron chi connectivity index (χ3n) is 5.29. The summed E-state index contributed by atoms with van der Waals surface area (Å²) in [5.74, 6) is -2.44. The molecular weight excluding hydrogens is 567 g/mol. The van der Waals surface area contributed by atoms with Gasteiger partial charge in [-0.3, -0.25) is 28.6 Å². The molecule has 0 saturated carbocycles. The lowest BCUT2D eigenvalue weighted by atomic mass is 10.2. The maximum atomic E-state index is 13.3. The van der Waals surface area contributed by atoms with Crippen LogP contribution < -0.4 is 19.7 Å². The van der Waals surface area contributed by atoms with Gasteiger partial charge in [0.2, 0.25) is 0 Å². The lowest BCUT2D eigenvalue weighted by molar-refractivity contribution is -0.140. The van der Waals surface area contributed by atoms with Crippen LogP contribution in [0.3, 0.4) is 0 Å². The van der Waals surface area contributed by atoms with E-state index in [0.29, 0.717) is 15.9 Å². The second-order valence-corrected chi connectivity index (χ2v) is 12.0. The molecule has 0 unspecified atom stereocenters. The van der Waals surface area contributed by atoms with E-state index >= 15 is 0 Å². The van der Waals surface area contributed by atoms with Crippen molar-refractivity contribution in [3.8, 4) is 0 Å². The minimum Gasteiger partial charge on any atom is -0.480 e. The van der Waals surface area contributed by atoms with Crippen molar-refractivity contribution in [1.29, 1.82) is 0 Å². The van der Waals surface area contributed by atoms with Crippen LogP contribution in [0.15, 0.2) is 45.7 Å². The fourth-order valence-corrected chi connectivity index (χ4v) is 7.25. The summed E-state index contributed by atoms with van der Waals surface area (Å²) in [6.07, 6.45) is 3.14. The van der Waals surface area contributed by atoms with Gasteiger partial charge in [-0.05, 0) is 30.7 Å². The van der Waals surface area contributed by atoms with Gasteiger partial charge < -0.3 is 15.1 Å². The SMILES string of the molecule is CC(/C=C1\CSc2ccccc2N1C)=c1\s/c(=C2\SC(=S)N(CC(=O)O)C2=O)n(CC(=O)O)c1=O.CCC. The number of anilines is 1. The second kappa shape index (κ2) is 12.8. The highest BCUT2D eigenvalue weighted by atomic mass is 32.2. The van der Waals surface area contributed by atoms with E-state index < -0.39 is 36.5 Å². The highest BCUT2D eigenvalue weighted by Gasteiger charge is 2.35. The highest BCUT2D eigenvalue weighted by molar-refractivity contribution is 8.30. The average molecular weight is 594 g/mol. The molecule has 1 fully saturated rings. The molecule has 2 aliphatic heterocycles. The number of aliphatic carboxylic acids is 2. The zero-order chi connectivity index (χ0) is 28.1. The predicted molar refractivity (Wildman–Crippen MR) is 157 cm³/mol. The highest BCUT2D eigenvalue weighted by Crippen LogP contribution is 2.38. The van der Waals surface area contributed by atoms with Gasteiger partial charge in [-0.15, -0.1) is 23.1 Å². The number of fused-ring (bicyclic) bond motifs is 1. The Kier molecular flexibility index (Phi) is 9.99. The molecule has 0 aliphatic carbocycles. The van der Waals surface area contributed by atoms with Crippen molar-refractivity contribution in [2.24, 2.45) is 0 Å². The molecule has 9 nitrogen and oxygen atoms in total. The van der Waals surface area contributed by atoms with E-state index in [1.807, 2.05) is 42.3 Å². The molecule has 2 aromatic rings. The number of nitrogens with zero attached hydrogens (tertiary/aromatic N) is 3. The van der Waals surface area contributed by atoms with Crippen molar-refractivity contribution in [3.63, 3.8) is 0 Å². The number of thiazole rings is 1. The number of allylic oxidation sites excluding steroid dienone is 1. The molecule has 1 amide bonds. The normalized spacial score (nSPS) is 18.3. The average Bonchev–Trinajstić information content (AvgIpc) is 3.31. The summed E-state index contributed by atoms with van der Waals surface area (Å²) >= 11 is 8.70. The molecule has 38 heavy (non-hydrogen) atoms. The van der Waals surface area contributed by atoms with Gasteiger partial charge in [-0.2, -0.15) is 0 Å². The number of carboxylic acids is 2. The number of thiocarbonyl (C=S) groups is 1. The first kappa shape index (κ1) is 29.7. The van der Waals surface area contributed by atoms with E-state index in [2.05, 4.69) is 13.8 Å². The Morgan fingerprint density at radius 2 is 1.74 bits per heavy atom. The van der Waals surface area contributed by atoms with Crippen molar-refractivity contribution in [2.75, 3.05) is 24.2 Å². The third-order valence-corrected chi connectivity index (χ3v) is 9.27. The molecule has 202 valence electrons. The molecule has 0 radical (unpaired) electrons. The van der Waals surface area contributed by atoms with Gasteiger partial charge in [0, 0.05) is 23.4 Å². The van der Waals surface area contributed by atoms with Gasteiger partial charge in [0.15, 0.2) is 0 Å². The fourth-order valence-electron chi connectivity index (χ4n) is 3.62. The van der Waals surface area contributed by atoms with Crippen LogP contribution in [0.5, 0.6) is 0 Å². The van der Waals surface area contributed by atoms with Crippen LogP contribution in [-0.2, 0) is 20.9 Å². The number of hydrogen-bond donors (Lipinski definition) is 2. The number of carbonyl (C=O) groups excluding carboxylic acids is 1. The zero-order valence-corrected chi connectivity index (χ0v) is 24.5. The third kappa shape index (κ3) is 6.40. The molecule has 2 N–H and O–H groups in total. The smallest absolute Gasteiger partial charge is 0.323 e. The monoisotopic (exact) mass is 593 g/mol. The Morgan fingerprint density at radius 1 is 1.11 bits per heavy atom. The summed E-state index contributed by atoms with van der Waals surface area (Å²) in [5, 5.41) is 18.5. The Hall–Kier alpha value is -2.87. The zero-order valence-electron chi connectivity index (χ0n) is 21.2. The van der Waals surface area contributed by atoms with Crippen LogP contribution in [0, 0.1) is 0 Å². The molecule has 2 aliphatic rings. The molecule has 0 atom stereocenters. The summed E-state index contributed by atoms with van der Waals surface area (Å²) in [7, 11) is 1.95. The maximum Gasteiger partial charge on any atom is 0.323 e. The number of amides is 1. The van der Waals surface area contributed by atoms with Crippen molar-refractivity contribution in [3.05, 3.63) is 55.6 Å². The summed E-state index contributed by atoms with van der Waals surface area (Å²) in [6.45, 7) is 4.77. The first-order chi connectivity index (χ1) is 18.0. The lowest BCUT2D eigenvalue weighted by Gasteiger charge is -2.29. The molecule has 0 bridgehead atoms. The Labute approximate surface area is 237 Å². The number of hydrogen-bond acceptors (Lipinski definition) is 9. The Bertz CT molecular complexity index is 1510. The van der Waals surface area contributed by atoms with Crippen LogP contribution in [0.1, 0.15) is 27.2 Å². The fraction of sp³-hybridized carbons (Fsp3) is 0.320. The summed E-state index contributed by atoms with van der Waals surface area (Å²) in [4.78, 5) is 53.0. The molecule has 0 spiro atoms. The van der Waals surface area contributed by atoms with Crippen LogP contribution in [0.4, 0.5) is 5.69 Å². The molecule has 4 rings (SSSR count). The molecule has 3 heterocycles. The summed E-state index contributed by atoms with van der Waals surface area (Å²) < 4.78 is 1.52. The molecule has 1 saturated heterocycles. The maximum absolute atomic E-state index is 13.3. The first-order valence-electron chi connectivity index (χ1n) is 11.6. The topological polar surface area (TPSA) is 120 Å². The largest absolute Gasteiger partial charge is 0.480 e. The quantitative estimate of drug-likeness (QED) is 0.501. The van der Waals surface area contributed by atoms with Crippen LogP contribution in [-0.4, -0.2) is 61.2 Å². The minimum atomic E-state index is -1.24. The summed E-state index contributed by atoms with van der Waals surface area (Å²) in [6, 6.07) is 7.99. The van der Waals surface area contributed by atoms with Crippen LogP contribution in [0.2, 0.25) is 0 Å². The van der Waals surface area contributed by atoms with Crippen LogP contribution >= 0.6 is 47.1 Å². The molecule has 1 aromatic heterocycles. The van der Waals surface area contributed by atoms with E-state index in [4.69, 9.17) is 17.3 Å². The molecule has 1 aromatic carbocycles. The van der Waals surface area contributed by atoms with E-state index in [1.165, 1.54) is 6.42 Å².